The fraction of sp³-hybridized carbons (Fsp3) is 0.400. The van der Waals surface area contributed by atoms with E-state index in [1.54, 1.807) is 11.8 Å². The van der Waals surface area contributed by atoms with Gasteiger partial charge in [-0.2, -0.15) is 5.10 Å². The molecule has 4 nitrogen and oxygen atoms in total. The van der Waals surface area contributed by atoms with E-state index in [0.29, 0.717) is 0 Å². The molecule has 1 atom stereocenters. The SMILES string of the molecule is CCc1cc(CC(CSc2cccc(Cl)c2)NN)n(C)n1. The Kier molecular flexibility index (Phi) is 6.11. The zero-order valence-electron chi connectivity index (χ0n) is 12.3. The van der Waals surface area contributed by atoms with Crippen LogP contribution in [0.2, 0.25) is 5.02 Å². The Balaban J connectivity index is 1.95. The predicted octanol–water partition coefficient (Wildman–Crippen LogP) is 2.80. The first-order valence-corrected chi connectivity index (χ1v) is 8.35. The van der Waals surface area contributed by atoms with Crippen LogP contribution in [0.3, 0.4) is 0 Å². The van der Waals surface area contributed by atoms with Gasteiger partial charge in [0.1, 0.15) is 0 Å². The zero-order valence-corrected chi connectivity index (χ0v) is 13.9. The van der Waals surface area contributed by atoms with Crippen molar-refractivity contribution in [2.24, 2.45) is 12.9 Å². The number of rotatable bonds is 7. The Bertz CT molecular complexity index is 585. The summed E-state index contributed by atoms with van der Waals surface area (Å²) in [5.74, 6) is 6.56. The fourth-order valence-corrected chi connectivity index (χ4v) is 3.36. The number of nitrogens with one attached hydrogen (secondary N) is 1. The minimum Gasteiger partial charge on any atom is -0.272 e. The smallest absolute Gasteiger partial charge is 0.0624 e. The molecule has 0 saturated carbocycles. The molecule has 1 aromatic carbocycles. The Hall–Kier alpha value is -1.01. The van der Waals surface area contributed by atoms with Gasteiger partial charge < -0.3 is 0 Å². The molecule has 0 spiro atoms. The second kappa shape index (κ2) is 7.84. The topological polar surface area (TPSA) is 55.9 Å². The third-order valence-electron chi connectivity index (χ3n) is 3.33. The van der Waals surface area contributed by atoms with Crippen LogP contribution in [0.15, 0.2) is 35.2 Å². The molecule has 0 amide bonds. The maximum atomic E-state index is 6.00. The molecular formula is C15H21ClN4S. The van der Waals surface area contributed by atoms with Gasteiger partial charge in [0.15, 0.2) is 0 Å². The van der Waals surface area contributed by atoms with Crippen LogP contribution in [-0.4, -0.2) is 21.6 Å². The van der Waals surface area contributed by atoms with Gasteiger partial charge in [-0.3, -0.25) is 16.0 Å². The first-order chi connectivity index (χ1) is 10.1. The summed E-state index contributed by atoms with van der Waals surface area (Å²) < 4.78 is 1.94. The maximum Gasteiger partial charge on any atom is 0.0624 e. The highest BCUT2D eigenvalue weighted by atomic mass is 35.5. The molecule has 0 aliphatic heterocycles. The minimum absolute atomic E-state index is 0.189. The summed E-state index contributed by atoms with van der Waals surface area (Å²) >= 11 is 7.75. The van der Waals surface area contributed by atoms with E-state index < -0.39 is 0 Å². The molecule has 2 aromatic rings. The van der Waals surface area contributed by atoms with Gasteiger partial charge in [-0.25, -0.2) is 0 Å². The van der Waals surface area contributed by atoms with E-state index in [-0.39, 0.29) is 6.04 Å². The summed E-state index contributed by atoms with van der Waals surface area (Å²) in [6.07, 6.45) is 1.80. The van der Waals surface area contributed by atoms with Crippen molar-refractivity contribution in [1.29, 1.82) is 0 Å². The number of thioether (sulfide) groups is 1. The normalized spacial score (nSPS) is 12.6. The predicted molar refractivity (Wildman–Crippen MR) is 89.6 cm³/mol. The molecule has 0 saturated heterocycles. The van der Waals surface area contributed by atoms with Gasteiger partial charge >= 0.3 is 0 Å². The lowest BCUT2D eigenvalue weighted by molar-refractivity contribution is 0.550. The molecule has 0 radical (unpaired) electrons. The third kappa shape index (κ3) is 4.74. The van der Waals surface area contributed by atoms with Crippen LogP contribution in [0.25, 0.3) is 0 Å². The standard InChI is InChI=1S/C15H21ClN4S/c1-3-12-8-14(20(2)19-12)9-13(18-17)10-21-15-6-4-5-11(16)7-15/h4-8,13,18H,3,9-10,17H2,1-2H3. The monoisotopic (exact) mass is 324 g/mol. The van der Waals surface area contributed by atoms with Gasteiger partial charge in [0.05, 0.1) is 5.69 Å². The molecule has 2 rings (SSSR count). The summed E-state index contributed by atoms with van der Waals surface area (Å²) in [5.41, 5.74) is 5.21. The van der Waals surface area contributed by atoms with Crippen molar-refractivity contribution in [3.63, 3.8) is 0 Å². The molecule has 1 unspecified atom stereocenters. The molecule has 0 aliphatic rings. The highest BCUT2D eigenvalue weighted by Crippen LogP contribution is 2.23. The van der Waals surface area contributed by atoms with E-state index >= 15 is 0 Å². The van der Waals surface area contributed by atoms with Crippen molar-refractivity contribution in [3.8, 4) is 0 Å². The number of nitrogens with zero attached hydrogens (tertiary/aromatic N) is 2. The van der Waals surface area contributed by atoms with Gasteiger partial charge in [-0.05, 0) is 30.7 Å². The van der Waals surface area contributed by atoms with Crippen LogP contribution >= 0.6 is 23.4 Å². The minimum atomic E-state index is 0.189. The van der Waals surface area contributed by atoms with Gasteiger partial charge in [-0.15, -0.1) is 11.8 Å². The number of hydrogen-bond donors (Lipinski definition) is 2. The first kappa shape index (κ1) is 16.4. The van der Waals surface area contributed by atoms with Crippen LogP contribution in [-0.2, 0) is 19.9 Å². The second-order valence-corrected chi connectivity index (χ2v) is 6.47. The van der Waals surface area contributed by atoms with Crippen LogP contribution in [0.1, 0.15) is 18.3 Å². The van der Waals surface area contributed by atoms with E-state index in [9.17, 15) is 0 Å². The fourth-order valence-electron chi connectivity index (χ4n) is 2.11. The molecular weight excluding hydrogens is 304 g/mol. The van der Waals surface area contributed by atoms with Gasteiger partial charge in [0.25, 0.3) is 0 Å². The third-order valence-corrected chi connectivity index (χ3v) is 4.72. The van der Waals surface area contributed by atoms with Gasteiger partial charge in [-0.1, -0.05) is 24.6 Å². The second-order valence-electron chi connectivity index (χ2n) is 4.94. The van der Waals surface area contributed by atoms with Crippen LogP contribution in [0.4, 0.5) is 0 Å². The Morgan fingerprint density at radius 1 is 1.43 bits per heavy atom. The van der Waals surface area contributed by atoms with Gasteiger partial charge in [0, 0.05) is 40.9 Å². The zero-order chi connectivity index (χ0) is 15.2. The van der Waals surface area contributed by atoms with Crippen LogP contribution < -0.4 is 11.3 Å². The first-order valence-electron chi connectivity index (χ1n) is 6.98. The lowest BCUT2D eigenvalue weighted by Crippen LogP contribution is -2.39. The molecule has 21 heavy (non-hydrogen) atoms. The number of aryl methyl sites for hydroxylation is 2. The highest BCUT2D eigenvalue weighted by Gasteiger charge is 2.12. The molecule has 1 aromatic heterocycles. The summed E-state index contributed by atoms with van der Waals surface area (Å²) in [7, 11) is 1.98. The number of halogens is 1. The Morgan fingerprint density at radius 2 is 2.24 bits per heavy atom. The van der Waals surface area contributed by atoms with Crippen molar-refractivity contribution in [2.45, 2.75) is 30.7 Å². The molecule has 3 N–H and O–H groups in total. The maximum absolute atomic E-state index is 6.00. The molecule has 0 bridgehead atoms. The van der Waals surface area contributed by atoms with E-state index in [0.717, 1.165) is 34.2 Å². The van der Waals surface area contributed by atoms with Crippen molar-refractivity contribution < 1.29 is 0 Å². The summed E-state index contributed by atoms with van der Waals surface area (Å²) in [6.45, 7) is 2.11. The molecule has 0 fully saturated rings. The largest absolute Gasteiger partial charge is 0.272 e. The van der Waals surface area contributed by atoms with Crippen molar-refractivity contribution in [1.82, 2.24) is 15.2 Å². The van der Waals surface area contributed by atoms with E-state index in [1.807, 2.05) is 29.9 Å². The summed E-state index contributed by atoms with van der Waals surface area (Å²) in [4.78, 5) is 1.15. The lowest BCUT2D eigenvalue weighted by Gasteiger charge is -2.15. The highest BCUT2D eigenvalue weighted by molar-refractivity contribution is 7.99. The van der Waals surface area contributed by atoms with E-state index in [2.05, 4.69) is 29.6 Å². The van der Waals surface area contributed by atoms with Crippen LogP contribution in [0.5, 0.6) is 0 Å². The Morgan fingerprint density at radius 3 is 2.86 bits per heavy atom. The quantitative estimate of drug-likeness (QED) is 0.467. The Labute approximate surface area is 135 Å². The number of hydrogen-bond acceptors (Lipinski definition) is 4. The van der Waals surface area contributed by atoms with Crippen LogP contribution in [0, 0.1) is 0 Å². The van der Waals surface area contributed by atoms with E-state index in [1.165, 1.54) is 5.69 Å². The van der Waals surface area contributed by atoms with Crippen molar-refractivity contribution in [2.75, 3.05) is 5.75 Å². The summed E-state index contributed by atoms with van der Waals surface area (Å²) in [5, 5.41) is 5.23. The van der Waals surface area contributed by atoms with Gasteiger partial charge in [0.2, 0.25) is 0 Å². The average molecular weight is 325 g/mol. The van der Waals surface area contributed by atoms with Crippen molar-refractivity contribution in [3.05, 3.63) is 46.7 Å². The number of benzene rings is 1. The molecule has 6 heteroatoms. The number of aromatic nitrogens is 2. The number of nitrogens with two attached hydrogens (primary N) is 1. The lowest BCUT2D eigenvalue weighted by atomic mass is 10.2. The molecule has 114 valence electrons. The number of hydrazine groups is 1. The molecule has 1 heterocycles. The molecule has 0 aliphatic carbocycles. The van der Waals surface area contributed by atoms with Crippen molar-refractivity contribution >= 4 is 23.4 Å². The summed E-state index contributed by atoms with van der Waals surface area (Å²) in [6, 6.07) is 10.2. The van der Waals surface area contributed by atoms with E-state index in [4.69, 9.17) is 17.4 Å². The average Bonchev–Trinajstić information content (AvgIpc) is 2.84.